The largest absolute Gasteiger partial charge is 0.497 e. The molecule has 1 spiro atoms. The summed E-state index contributed by atoms with van der Waals surface area (Å²) in [6.45, 7) is 0.353. The van der Waals surface area contributed by atoms with Gasteiger partial charge in [-0.05, 0) is 42.2 Å². The summed E-state index contributed by atoms with van der Waals surface area (Å²) < 4.78 is 11.1. The molecule has 1 atom stereocenters. The van der Waals surface area contributed by atoms with Crippen LogP contribution >= 0.6 is 0 Å². The van der Waals surface area contributed by atoms with Crippen LogP contribution in [0.2, 0.25) is 0 Å². The lowest BCUT2D eigenvalue weighted by Gasteiger charge is -2.25. The Morgan fingerprint density at radius 1 is 1.16 bits per heavy atom. The van der Waals surface area contributed by atoms with Gasteiger partial charge in [0.05, 0.1) is 18.8 Å². The molecule has 0 N–H and O–H groups in total. The second-order valence-electron chi connectivity index (χ2n) is 6.57. The normalized spacial score (nSPS) is 21.0. The number of hydrogen-bond donors (Lipinski definition) is 0. The van der Waals surface area contributed by atoms with E-state index in [1.807, 2.05) is 53.4 Å². The van der Waals surface area contributed by atoms with Crippen LogP contribution in [0.4, 0.5) is 0 Å². The van der Waals surface area contributed by atoms with Crippen molar-refractivity contribution in [2.75, 3.05) is 13.8 Å². The smallest absolute Gasteiger partial charge is 0.249 e. The fraction of sp³-hybridized carbons (Fsp3) is 0.286. The molecule has 128 valence electrons. The maximum absolute atomic E-state index is 12.8. The highest BCUT2D eigenvalue weighted by molar-refractivity contribution is 5.92. The van der Waals surface area contributed by atoms with Gasteiger partial charge in [-0.1, -0.05) is 42.5 Å². The van der Waals surface area contributed by atoms with Crippen molar-refractivity contribution in [3.8, 4) is 5.75 Å². The van der Waals surface area contributed by atoms with Crippen LogP contribution in [-0.2, 0) is 9.53 Å². The van der Waals surface area contributed by atoms with E-state index in [4.69, 9.17) is 9.47 Å². The Balaban J connectivity index is 1.53. The number of amides is 1. The van der Waals surface area contributed by atoms with Crippen molar-refractivity contribution in [3.63, 3.8) is 0 Å². The minimum Gasteiger partial charge on any atom is -0.497 e. The highest BCUT2D eigenvalue weighted by atomic mass is 16.5. The molecule has 2 aromatic carbocycles. The Morgan fingerprint density at radius 2 is 1.88 bits per heavy atom. The van der Waals surface area contributed by atoms with Crippen molar-refractivity contribution in [1.82, 2.24) is 4.90 Å². The van der Waals surface area contributed by atoms with Gasteiger partial charge in [0.15, 0.2) is 0 Å². The van der Waals surface area contributed by atoms with Crippen LogP contribution < -0.4 is 4.74 Å². The first-order valence-corrected chi connectivity index (χ1v) is 8.53. The third-order valence-corrected chi connectivity index (χ3v) is 4.98. The monoisotopic (exact) mass is 335 g/mol. The highest BCUT2D eigenvalue weighted by Crippen LogP contribution is 2.55. The van der Waals surface area contributed by atoms with Crippen LogP contribution in [-0.4, -0.2) is 30.2 Å². The second kappa shape index (κ2) is 6.37. The lowest BCUT2D eigenvalue weighted by atomic mass is 9.99. The quantitative estimate of drug-likeness (QED) is 0.798. The molecule has 0 radical (unpaired) electrons. The Hall–Kier alpha value is -2.59. The van der Waals surface area contributed by atoms with Gasteiger partial charge in [-0.3, -0.25) is 4.79 Å². The standard InChI is InChI=1S/C21H21NO3/c1-24-18-10-7-16(8-11-18)9-12-19(23)22-15-25-21(13-14-21)20(22)17-5-3-2-4-6-17/h2-12,20H,13-15H2,1H3/b12-9+/t20-/m1/s1. The van der Waals surface area contributed by atoms with Crippen LogP contribution in [0.1, 0.15) is 30.0 Å². The first-order chi connectivity index (χ1) is 12.2. The fourth-order valence-electron chi connectivity index (χ4n) is 3.46. The summed E-state index contributed by atoms with van der Waals surface area (Å²) in [5.41, 5.74) is 1.93. The van der Waals surface area contributed by atoms with Crippen LogP contribution in [0.15, 0.2) is 60.7 Å². The molecule has 1 saturated carbocycles. The molecule has 1 aliphatic heterocycles. The van der Waals surface area contributed by atoms with E-state index >= 15 is 0 Å². The van der Waals surface area contributed by atoms with Gasteiger partial charge < -0.3 is 14.4 Å². The fourth-order valence-corrected chi connectivity index (χ4v) is 3.46. The molecule has 25 heavy (non-hydrogen) atoms. The van der Waals surface area contributed by atoms with E-state index < -0.39 is 0 Å². The predicted molar refractivity (Wildman–Crippen MR) is 96.0 cm³/mol. The Labute approximate surface area is 147 Å². The molecule has 2 aliphatic rings. The maximum Gasteiger partial charge on any atom is 0.249 e. The first kappa shape index (κ1) is 15.9. The van der Waals surface area contributed by atoms with Crippen LogP contribution in [0.25, 0.3) is 6.08 Å². The van der Waals surface area contributed by atoms with E-state index in [9.17, 15) is 4.79 Å². The van der Waals surface area contributed by atoms with Crippen molar-refractivity contribution in [1.29, 1.82) is 0 Å². The van der Waals surface area contributed by atoms with Gasteiger partial charge in [-0.25, -0.2) is 0 Å². The van der Waals surface area contributed by atoms with E-state index in [2.05, 4.69) is 12.1 Å². The summed E-state index contributed by atoms with van der Waals surface area (Å²) in [4.78, 5) is 14.6. The summed E-state index contributed by atoms with van der Waals surface area (Å²) in [5.74, 6) is 0.782. The van der Waals surface area contributed by atoms with Gasteiger partial charge in [0.25, 0.3) is 0 Å². The van der Waals surface area contributed by atoms with Crippen LogP contribution in [0, 0.1) is 0 Å². The van der Waals surface area contributed by atoms with E-state index in [0.29, 0.717) is 6.73 Å². The van der Waals surface area contributed by atoms with E-state index in [1.54, 1.807) is 13.2 Å². The lowest BCUT2D eigenvalue weighted by molar-refractivity contribution is -0.128. The predicted octanol–water partition coefficient (Wildman–Crippen LogP) is 3.80. The number of methoxy groups -OCH3 is 1. The average molecular weight is 335 g/mol. The van der Waals surface area contributed by atoms with Gasteiger partial charge in [-0.2, -0.15) is 0 Å². The average Bonchev–Trinajstić information content (AvgIpc) is 3.33. The van der Waals surface area contributed by atoms with Crippen molar-refractivity contribution in [3.05, 3.63) is 71.8 Å². The molecule has 1 saturated heterocycles. The number of ether oxygens (including phenoxy) is 2. The summed E-state index contributed by atoms with van der Waals surface area (Å²) in [6, 6.07) is 17.8. The second-order valence-corrected chi connectivity index (χ2v) is 6.57. The summed E-state index contributed by atoms with van der Waals surface area (Å²) >= 11 is 0. The molecule has 0 unspecified atom stereocenters. The van der Waals surface area contributed by atoms with Crippen molar-refractivity contribution >= 4 is 12.0 Å². The topological polar surface area (TPSA) is 38.8 Å². The van der Waals surface area contributed by atoms with Gasteiger partial charge in [0.1, 0.15) is 12.5 Å². The number of nitrogens with zero attached hydrogens (tertiary/aromatic N) is 1. The molecule has 0 bridgehead atoms. The molecule has 1 heterocycles. The Kier molecular flexibility index (Phi) is 4.06. The summed E-state index contributed by atoms with van der Waals surface area (Å²) in [5, 5.41) is 0. The molecule has 4 nitrogen and oxygen atoms in total. The highest BCUT2D eigenvalue weighted by Gasteiger charge is 2.58. The van der Waals surface area contributed by atoms with Gasteiger partial charge >= 0.3 is 0 Å². The third-order valence-electron chi connectivity index (χ3n) is 4.98. The minimum absolute atomic E-state index is 0.00159. The number of rotatable bonds is 4. The van der Waals surface area contributed by atoms with E-state index in [-0.39, 0.29) is 17.6 Å². The Bertz CT molecular complexity index is 779. The van der Waals surface area contributed by atoms with Crippen molar-refractivity contribution in [2.45, 2.75) is 24.5 Å². The molecule has 4 rings (SSSR count). The SMILES string of the molecule is COc1ccc(/C=C/C(=O)N2COC3(CC3)[C@H]2c2ccccc2)cc1. The van der Waals surface area contributed by atoms with Crippen molar-refractivity contribution < 1.29 is 14.3 Å². The molecule has 4 heteroatoms. The number of carbonyl (C=O) groups excluding carboxylic acids is 1. The lowest BCUT2D eigenvalue weighted by Crippen LogP contribution is -2.32. The third kappa shape index (κ3) is 3.05. The first-order valence-electron chi connectivity index (χ1n) is 8.53. The van der Waals surface area contributed by atoms with E-state index in [1.165, 1.54) is 0 Å². The summed E-state index contributed by atoms with van der Waals surface area (Å²) in [6.07, 6.45) is 5.49. The van der Waals surface area contributed by atoms with Crippen LogP contribution in [0.3, 0.4) is 0 Å². The molecule has 0 aromatic heterocycles. The zero-order valence-corrected chi connectivity index (χ0v) is 14.2. The molecule has 2 aromatic rings. The van der Waals surface area contributed by atoms with Gasteiger partial charge in [0, 0.05) is 6.08 Å². The van der Waals surface area contributed by atoms with Crippen LogP contribution in [0.5, 0.6) is 5.75 Å². The number of carbonyl (C=O) groups is 1. The molecular weight excluding hydrogens is 314 g/mol. The Morgan fingerprint density at radius 3 is 2.52 bits per heavy atom. The molecule has 1 amide bonds. The van der Waals surface area contributed by atoms with Gasteiger partial charge in [-0.15, -0.1) is 0 Å². The minimum atomic E-state index is -0.176. The zero-order chi connectivity index (χ0) is 17.3. The summed E-state index contributed by atoms with van der Waals surface area (Å²) in [7, 11) is 1.64. The molecule has 2 fully saturated rings. The van der Waals surface area contributed by atoms with Gasteiger partial charge in [0.2, 0.25) is 5.91 Å². The molecule has 1 aliphatic carbocycles. The van der Waals surface area contributed by atoms with E-state index in [0.717, 1.165) is 29.7 Å². The van der Waals surface area contributed by atoms with Crippen molar-refractivity contribution in [2.24, 2.45) is 0 Å². The number of benzene rings is 2. The zero-order valence-electron chi connectivity index (χ0n) is 14.2. The maximum atomic E-state index is 12.8. The molecular formula is C21H21NO3. The number of hydrogen-bond acceptors (Lipinski definition) is 3.